The largest absolute Gasteiger partial charge is 0.481 e. The van der Waals surface area contributed by atoms with Crippen LogP contribution >= 0.6 is 0 Å². The summed E-state index contributed by atoms with van der Waals surface area (Å²) in [5.41, 5.74) is 1.76. The molecule has 3 rings (SSSR count). The standard InChI is InChI=1S/C19H23N3O2/c1-24-17-11-10-16(14-20-17)21-18(15-8-4-2-5-9-15)19(23)22-12-6-3-7-13-22/h2,4-5,8-11,14,18,21H,3,6-7,12-13H2,1H3/t18-/m1/s1. The van der Waals surface area contributed by atoms with Gasteiger partial charge in [-0.15, -0.1) is 0 Å². The number of hydrogen-bond donors (Lipinski definition) is 1. The number of methoxy groups -OCH3 is 1. The zero-order valence-electron chi connectivity index (χ0n) is 13.9. The molecule has 1 aliphatic rings. The van der Waals surface area contributed by atoms with Crippen LogP contribution in [0, 0.1) is 0 Å². The summed E-state index contributed by atoms with van der Waals surface area (Å²) in [6.07, 6.45) is 5.06. The maximum absolute atomic E-state index is 13.0. The van der Waals surface area contributed by atoms with Gasteiger partial charge in [0.15, 0.2) is 0 Å². The number of benzene rings is 1. The Kier molecular flexibility index (Phi) is 5.31. The van der Waals surface area contributed by atoms with Crippen molar-refractivity contribution < 1.29 is 9.53 Å². The van der Waals surface area contributed by atoms with Gasteiger partial charge in [-0.05, 0) is 30.9 Å². The number of nitrogens with zero attached hydrogens (tertiary/aromatic N) is 2. The monoisotopic (exact) mass is 325 g/mol. The normalized spacial score (nSPS) is 15.6. The third kappa shape index (κ3) is 3.85. The zero-order valence-corrected chi connectivity index (χ0v) is 13.9. The van der Waals surface area contributed by atoms with Gasteiger partial charge in [-0.3, -0.25) is 4.79 Å². The molecule has 2 heterocycles. The topological polar surface area (TPSA) is 54.5 Å². The Morgan fingerprint density at radius 1 is 1.12 bits per heavy atom. The molecule has 1 N–H and O–H groups in total. The van der Waals surface area contributed by atoms with Crippen LogP contribution in [-0.4, -0.2) is 36.0 Å². The van der Waals surface area contributed by atoms with Crippen molar-refractivity contribution in [2.75, 3.05) is 25.5 Å². The molecule has 0 radical (unpaired) electrons. The Morgan fingerprint density at radius 2 is 1.88 bits per heavy atom. The fourth-order valence-corrected chi connectivity index (χ4v) is 2.98. The van der Waals surface area contributed by atoms with Crippen molar-refractivity contribution in [3.63, 3.8) is 0 Å². The molecule has 1 fully saturated rings. The summed E-state index contributed by atoms with van der Waals surface area (Å²) >= 11 is 0. The number of amides is 1. The average molecular weight is 325 g/mol. The van der Waals surface area contributed by atoms with E-state index < -0.39 is 6.04 Å². The molecule has 1 amide bonds. The second-order valence-corrected chi connectivity index (χ2v) is 5.96. The molecule has 5 heteroatoms. The van der Waals surface area contributed by atoms with Crippen LogP contribution in [0.3, 0.4) is 0 Å². The van der Waals surface area contributed by atoms with Crippen molar-refractivity contribution in [1.82, 2.24) is 9.88 Å². The van der Waals surface area contributed by atoms with Crippen LogP contribution in [0.1, 0.15) is 30.9 Å². The molecule has 24 heavy (non-hydrogen) atoms. The Balaban J connectivity index is 1.82. The fraction of sp³-hybridized carbons (Fsp3) is 0.368. The first-order chi connectivity index (χ1) is 11.8. The van der Waals surface area contributed by atoms with E-state index in [1.165, 1.54) is 6.42 Å². The number of hydrogen-bond acceptors (Lipinski definition) is 4. The number of aromatic nitrogens is 1. The highest BCUT2D eigenvalue weighted by Crippen LogP contribution is 2.24. The van der Waals surface area contributed by atoms with Crippen molar-refractivity contribution in [2.24, 2.45) is 0 Å². The summed E-state index contributed by atoms with van der Waals surface area (Å²) < 4.78 is 5.09. The maximum Gasteiger partial charge on any atom is 0.249 e. The Bertz CT molecular complexity index is 652. The van der Waals surface area contributed by atoms with Gasteiger partial charge in [-0.1, -0.05) is 30.3 Å². The number of rotatable bonds is 5. The lowest BCUT2D eigenvalue weighted by Crippen LogP contribution is -2.41. The number of ether oxygens (including phenoxy) is 1. The van der Waals surface area contributed by atoms with E-state index in [0.717, 1.165) is 37.2 Å². The summed E-state index contributed by atoms with van der Waals surface area (Å²) in [5, 5.41) is 3.33. The molecule has 126 valence electrons. The first-order valence-corrected chi connectivity index (χ1v) is 8.38. The predicted octanol–water partition coefficient (Wildman–Crippen LogP) is 3.26. The molecule has 0 bridgehead atoms. The van der Waals surface area contributed by atoms with Crippen LogP contribution in [0.25, 0.3) is 0 Å². The molecular formula is C19H23N3O2. The first kappa shape index (κ1) is 16.3. The van der Waals surface area contributed by atoms with Crippen LogP contribution in [0.15, 0.2) is 48.7 Å². The highest BCUT2D eigenvalue weighted by atomic mass is 16.5. The van der Waals surface area contributed by atoms with Crippen LogP contribution in [0.2, 0.25) is 0 Å². The number of carbonyl (C=O) groups excluding carboxylic acids is 1. The van der Waals surface area contributed by atoms with E-state index in [4.69, 9.17) is 4.74 Å². The molecule has 0 aliphatic carbocycles. The maximum atomic E-state index is 13.0. The lowest BCUT2D eigenvalue weighted by molar-refractivity contribution is -0.133. The summed E-state index contributed by atoms with van der Waals surface area (Å²) in [6.45, 7) is 1.68. The van der Waals surface area contributed by atoms with Gasteiger partial charge in [-0.2, -0.15) is 0 Å². The highest BCUT2D eigenvalue weighted by Gasteiger charge is 2.26. The fourth-order valence-electron chi connectivity index (χ4n) is 2.98. The lowest BCUT2D eigenvalue weighted by atomic mass is 10.0. The number of anilines is 1. The zero-order chi connectivity index (χ0) is 16.8. The molecule has 0 unspecified atom stereocenters. The molecule has 0 spiro atoms. The number of nitrogens with one attached hydrogen (secondary N) is 1. The van der Waals surface area contributed by atoms with Crippen molar-refractivity contribution in [3.8, 4) is 5.88 Å². The lowest BCUT2D eigenvalue weighted by Gasteiger charge is -2.31. The van der Waals surface area contributed by atoms with E-state index in [0.29, 0.717) is 5.88 Å². The van der Waals surface area contributed by atoms with Crippen molar-refractivity contribution >= 4 is 11.6 Å². The van der Waals surface area contributed by atoms with Gasteiger partial charge in [0.05, 0.1) is 19.0 Å². The van der Waals surface area contributed by atoms with Crippen molar-refractivity contribution in [3.05, 3.63) is 54.2 Å². The van der Waals surface area contributed by atoms with Gasteiger partial charge >= 0.3 is 0 Å². The van der Waals surface area contributed by atoms with Crippen molar-refractivity contribution in [1.29, 1.82) is 0 Å². The quantitative estimate of drug-likeness (QED) is 0.917. The molecule has 1 aromatic carbocycles. The van der Waals surface area contributed by atoms with E-state index in [-0.39, 0.29) is 5.91 Å². The summed E-state index contributed by atoms with van der Waals surface area (Å²) in [5.74, 6) is 0.677. The first-order valence-electron chi connectivity index (χ1n) is 8.38. The molecule has 1 saturated heterocycles. The number of piperidine rings is 1. The van der Waals surface area contributed by atoms with Gasteiger partial charge in [0.2, 0.25) is 11.8 Å². The Labute approximate surface area is 142 Å². The summed E-state index contributed by atoms with van der Waals surface area (Å²) in [4.78, 5) is 19.2. The third-order valence-electron chi connectivity index (χ3n) is 4.30. The van der Waals surface area contributed by atoms with Crippen LogP contribution in [0.5, 0.6) is 5.88 Å². The van der Waals surface area contributed by atoms with Gasteiger partial charge in [0, 0.05) is 19.2 Å². The Morgan fingerprint density at radius 3 is 2.50 bits per heavy atom. The van der Waals surface area contributed by atoms with E-state index in [9.17, 15) is 4.79 Å². The molecule has 0 saturated carbocycles. The average Bonchev–Trinajstić information content (AvgIpc) is 2.67. The van der Waals surface area contributed by atoms with E-state index in [2.05, 4.69) is 10.3 Å². The minimum atomic E-state index is -0.403. The SMILES string of the molecule is COc1ccc(N[C@@H](C(=O)N2CCCCC2)c2ccccc2)cn1. The van der Waals surface area contributed by atoms with Crippen LogP contribution in [0.4, 0.5) is 5.69 Å². The van der Waals surface area contributed by atoms with Gasteiger partial charge < -0.3 is 15.0 Å². The minimum Gasteiger partial charge on any atom is -0.481 e. The smallest absolute Gasteiger partial charge is 0.249 e. The summed E-state index contributed by atoms with van der Waals surface area (Å²) in [7, 11) is 1.59. The highest BCUT2D eigenvalue weighted by molar-refractivity contribution is 5.86. The Hall–Kier alpha value is -2.56. The van der Waals surface area contributed by atoms with E-state index in [1.54, 1.807) is 19.4 Å². The van der Waals surface area contributed by atoms with Gasteiger partial charge in [-0.25, -0.2) is 4.98 Å². The summed E-state index contributed by atoms with van der Waals surface area (Å²) in [6, 6.07) is 13.1. The van der Waals surface area contributed by atoms with E-state index >= 15 is 0 Å². The molecule has 1 aliphatic heterocycles. The van der Waals surface area contributed by atoms with Gasteiger partial charge in [0.1, 0.15) is 6.04 Å². The van der Waals surface area contributed by atoms with Gasteiger partial charge in [0.25, 0.3) is 0 Å². The van der Waals surface area contributed by atoms with Crippen LogP contribution < -0.4 is 10.1 Å². The second-order valence-electron chi connectivity index (χ2n) is 5.96. The minimum absolute atomic E-state index is 0.122. The number of likely N-dealkylation sites (tertiary alicyclic amines) is 1. The predicted molar refractivity (Wildman–Crippen MR) is 94.0 cm³/mol. The molecule has 2 aromatic rings. The third-order valence-corrected chi connectivity index (χ3v) is 4.30. The molecule has 1 atom stereocenters. The second kappa shape index (κ2) is 7.81. The van der Waals surface area contributed by atoms with Crippen LogP contribution in [-0.2, 0) is 4.79 Å². The molecular weight excluding hydrogens is 302 g/mol. The van der Waals surface area contributed by atoms with Crippen molar-refractivity contribution in [2.45, 2.75) is 25.3 Å². The molecule has 5 nitrogen and oxygen atoms in total. The number of pyridine rings is 1. The van der Waals surface area contributed by atoms with E-state index in [1.807, 2.05) is 41.3 Å². The number of carbonyl (C=O) groups is 1. The molecule has 1 aromatic heterocycles.